The molecule has 3 rings (SSSR count). The van der Waals surface area contributed by atoms with Gasteiger partial charge in [-0.05, 0) is 19.1 Å². The van der Waals surface area contributed by atoms with Gasteiger partial charge in [0.25, 0.3) is 0 Å². The van der Waals surface area contributed by atoms with Gasteiger partial charge in [0, 0.05) is 29.6 Å². The molecule has 0 aliphatic carbocycles. The second-order valence-electron chi connectivity index (χ2n) is 5.03. The quantitative estimate of drug-likeness (QED) is 0.913. The molecule has 0 saturated carbocycles. The Kier molecular flexibility index (Phi) is 3.70. The minimum atomic E-state index is -0.289. The Labute approximate surface area is 126 Å². The Hall–Kier alpha value is -2.21. The third kappa shape index (κ3) is 3.11. The van der Waals surface area contributed by atoms with E-state index < -0.39 is 0 Å². The number of nitrogens with one attached hydrogen (secondary N) is 2. The lowest BCUT2D eigenvalue weighted by Gasteiger charge is -2.10. The van der Waals surface area contributed by atoms with Crippen LogP contribution < -0.4 is 10.6 Å². The molecule has 1 unspecified atom stereocenters. The number of aryl methyl sites for hydroxylation is 1. The number of nitrogens with zero attached hydrogens (tertiary/aromatic N) is 1. The van der Waals surface area contributed by atoms with Crippen molar-refractivity contribution in [2.24, 2.45) is 5.92 Å². The predicted molar refractivity (Wildman–Crippen MR) is 82.0 cm³/mol. The monoisotopic (exact) mass is 301 g/mol. The first-order valence-electron chi connectivity index (χ1n) is 6.72. The van der Waals surface area contributed by atoms with E-state index in [0.717, 1.165) is 22.0 Å². The molecule has 1 fully saturated rings. The van der Waals surface area contributed by atoms with Crippen LogP contribution in [0.15, 0.2) is 29.6 Å². The Balaban J connectivity index is 1.74. The molecule has 1 atom stereocenters. The normalized spacial score (nSPS) is 17.6. The van der Waals surface area contributed by atoms with Crippen molar-refractivity contribution in [3.8, 4) is 11.3 Å². The SMILES string of the molecule is Cc1nc(-c2cccc(NC(=O)C3CNC(=O)C3)c2)cs1. The van der Waals surface area contributed by atoms with E-state index >= 15 is 0 Å². The maximum atomic E-state index is 12.1. The summed E-state index contributed by atoms with van der Waals surface area (Å²) in [5.41, 5.74) is 2.60. The van der Waals surface area contributed by atoms with Crippen LogP contribution >= 0.6 is 11.3 Å². The zero-order valence-corrected chi connectivity index (χ0v) is 12.4. The van der Waals surface area contributed by atoms with Crippen molar-refractivity contribution in [2.45, 2.75) is 13.3 Å². The van der Waals surface area contributed by atoms with Gasteiger partial charge in [-0.2, -0.15) is 0 Å². The first-order chi connectivity index (χ1) is 10.1. The van der Waals surface area contributed by atoms with Gasteiger partial charge in [-0.1, -0.05) is 12.1 Å². The van der Waals surface area contributed by atoms with E-state index in [-0.39, 0.29) is 24.2 Å². The van der Waals surface area contributed by atoms with Gasteiger partial charge < -0.3 is 10.6 Å². The van der Waals surface area contributed by atoms with Crippen molar-refractivity contribution in [1.29, 1.82) is 0 Å². The highest BCUT2D eigenvalue weighted by Gasteiger charge is 2.27. The molecule has 2 aromatic rings. The van der Waals surface area contributed by atoms with Crippen LogP contribution in [0.2, 0.25) is 0 Å². The van der Waals surface area contributed by atoms with E-state index in [1.54, 1.807) is 11.3 Å². The molecule has 1 saturated heterocycles. The molecule has 2 N–H and O–H groups in total. The molecule has 1 aromatic carbocycles. The number of carbonyl (C=O) groups excluding carboxylic acids is 2. The summed E-state index contributed by atoms with van der Waals surface area (Å²) in [6, 6.07) is 7.59. The highest BCUT2D eigenvalue weighted by molar-refractivity contribution is 7.09. The molecule has 1 aromatic heterocycles. The lowest BCUT2D eigenvalue weighted by molar-refractivity contribution is -0.123. The summed E-state index contributed by atoms with van der Waals surface area (Å²) in [6.07, 6.45) is 0.261. The zero-order chi connectivity index (χ0) is 14.8. The van der Waals surface area contributed by atoms with Crippen molar-refractivity contribution in [3.63, 3.8) is 0 Å². The van der Waals surface area contributed by atoms with Gasteiger partial charge in [0.05, 0.1) is 16.6 Å². The standard InChI is InChI=1S/C15H15N3O2S/c1-9-17-13(8-21-9)10-3-2-4-12(5-10)18-15(20)11-6-14(19)16-7-11/h2-5,8,11H,6-7H2,1H3,(H,16,19)(H,18,20). The molecule has 1 aliphatic rings. The van der Waals surface area contributed by atoms with Crippen molar-refractivity contribution in [2.75, 3.05) is 11.9 Å². The second-order valence-corrected chi connectivity index (χ2v) is 6.09. The minimum Gasteiger partial charge on any atom is -0.355 e. The number of rotatable bonds is 3. The van der Waals surface area contributed by atoms with E-state index in [1.165, 1.54) is 0 Å². The Bertz CT molecular complexity index is 696. The van der Waals surface area contributed by atoms with Gasteiger partial charge in [-0.15, -0.1) is 11.3 Å². The highest BCUT2D eigenvalue weighted by atomic mass is 32.1. The third-order valence-electron chi connectivity index (χ3n) is 3.39. The zero-order valence-electron chi connectivity index (χ0n) is 11.6. The number of benzene rings is 1. The smallest absolute Gasteiger partial charge is 0.229 e. The van der Waals surface area contributed by atoms with Crippen molar-refractivity contribution in [1.82, 2.24) is 10.3 Å². The summed E-state index contributed by atoms with van der Waals surface area (Å²) in [7, 11) is 0. The van der Waals surface area contributed by atoms with E-state index in [2.05, 4.69) is 15.6 Å². The van der Waals surface area contributed by atoms with Gasteiger partial charge in [0.2, 0.25) is 11.8 Å². The van der Waals surface area contributed by atoms with E-state index in [9.17, 15) is 9.59 Å². The molecule has 0 bridgehead atoms. The number of hydrogen-bond acceptors (Lipinski definition) is 4. The fraction of sp³-hybridized carbons (Fsp3) is 0.267. The maximum Gasteiger partial charge on any atom is 0.229 e. The van der Waals surface area contributed by atoms with Crippen LogP contribution in [-0.4, -0.2) is 23.3 Å². The number of hydrogen-bond donors (Lipinski definition) is 2. The number of carbonyl (C=O) groups is 2. The number of anilines is 1. The van der Waals surface area contributed by atoms with Crippen molar-refractivity contribution in [3.05, 3.63) is 34.7 Å². The van der Waals surface area contributed by atoms with Gasteiger partial charge >= 0.3 is 0 Å². The van der Waals surface area contributed by atoms with Crippen LogP contribution in [0.4, 0.5) is 5.69 Å². The van der Waals surface area contributed by atoms with Gasteiger partial charge in [-0.25, -0.2) is 4.98 Å². The molecule has 0 spiro atoms. The first kappa shape index (κ1) is 13.8. The topological polar surface area (TPSA) is 71.1 Å². The summed E-state index contributed by atoms with van der Waals surface area (Å²) in [4.78, 5) is 27.7. The Morgan fingerprint density at radius 3 is 3.00 bits per heavy atom. The molecule has 5 nitrogen and oxygen atoms in total. The average molecular weight is 301 g/mol. The van der Waals surface area contributed by atoms with E-state index in [1.807, 2.05) is 36.6 Å². The Morgan fingerprint density at radius 1 is 1.48 bits per heavy atom. The molecular weight excluding hydrogens is 286 g/mol. The van der Waals surface area contributed by atoms with E-state index in [4.69, 9.17) is 0 Å². The summed E-state index contributed by atoms with van der Waals surface area (Å²) in [6.45, 7) is 2.37. The molecule has 108 valence electrons. The van der Waals surface area contributed by atoms with Crippen molar-refractivity contribution >= 4 is 28.8 Å². The predicted octanol–water partition coefficient (Wildman–Crippen LogP) is 2.19. The molecule has 1 aliphatic heterocycles. The summed E-state index contributed by atoms with van der Waals surface area (Å²) in [5.74, 6) is -0.482. The largest absolute Gasteiger partial charge is 0.355 e. The van der Waals surface area contributed by atoms with Gasteiger partial charge in [0.1, 0.15) is 0 Å². The summed E-state index contributed by atoms with van der Waals surface area (Å²) < 4.78 is 0. The summed E-state index contributed by atoms with van der Waals surface area (Å²) >= 11 is 1.60. The second kappa shape index (κ2) is 5.65. The van der Waals surface area contributed by atoms with Crippen molar-refractivity contribution < 1.29 is 9.59 Å². The van der Waals surface area contributed by atoms with E-state index in [0.29, 0.717) is 6.54 Å². The molecule has 6 heteroatoms. The fourth-order valence-electron chi connectivity index (χ4n) is 2.29. The lowest BCUT2D eigenvalue weighted by atomic mass is 10.1. The third-order valence-corrected chi connectivity index (χ3v) is 4.17. The van der Waals surface area contributed by atoms with Crippen LogP contribution in [0, 0.1) is 12.8 Å². The molecule has 21 heavy (non-hydrogen) atoms. The molecule has 0 radical (unpaired) electrons. The molecule has 2 heterocycles. The minimum absolute atomic E-state index is 0.0677. The van der Waals surface area contributed by atoms with Crippen LogP contribution in [0.3, 0.4) is 0 Å². The summed E-state index contributed by atoms with van der Waals surface area (Å²) in [5, 5.41) is 8.54. The lowest BCUT2D eigenvalue weighted by Crippen LogP contribution is -2.24. The van der Waals surface area contributed by atoms with Gasteiger partial charge in [0.15, 0.2) is 0 Å². The molecule has 2 amide bonds. The molecular formula is C15H15N3O2S. The van der Waals surface area contributed by atoms with Crippen LogP contribution in [-0.2, 0) is 9.59 Å². The average Bonchev–Trinajstić information content (AvgIpc) is 3.08. The number of aromatic nitrogens is 1. The number of amides is 2. The van der Waals surface area contributed by atoms with Crippen LogP contribution in [0.25, 0.3) is 11.3 Å². The maximum absolute atomic E-state index is 12.1. The number of thiazole rings is 1. The fourth-order valence-corrected chi connectivity index (χ4v) is 2.91. The van der Waals surface area contributed by atoms with Crippen LogP contribution in [0.5, 0.6) is 0 Å². The Morgan fingerprint density at radius 2 is 2.33 bits per heavy atom. The van der Waals surface area contributed by atoms with Crippen LogP contribution in [0.1, 0.15) is 11.4 Å². The van der Waals surface area contributed by atoms with Gasteiger partial charge in [-0.3, -0.25) is 9.59 Å². The first-order valence-corrected chi connectivity index (χ1v) is 7.60. The highest BCUT2D eigenvalue weighted by Crippen LogP contribution is 2.24.